The molecule has 0 aliphatic heterocycles. The van der Waals surface area contributed by atoms with Crippen LogP contribution in [0, 0.1) is 35.0 Å². The summed E-state index contributed by atoms with van der Waals surface area (Å²) in [6, 6.07) is 7.49. The van der Waals surface area contributed by atoms with Crippen LogP contribution in [0.25, 0.3) is 0 Å². The highest BCUT2D eigenvalue weighted by molar-refractivity contribution is 5.49. The zero-order valence-corrected chi connectivity index (χ0v) is 8.18. The average molecular weight is 179 g/mol. The smallest absolute Gasteiger partial charge is 0.0992 e. The van der Waals surface area contributed by atoms with Crippen LogP contribution in [0.1, 0.15) is 30.5 Å². The molecule has 0 unspecified atom stereocenters. The van der Waals surface area contributed by atoms with Gasteiger partial charge in [0, 0.05) is 11.1 Å². The van der Waals surface area contributed by atoms with E-state index in [1.165, 1.54) is 0 Å². The fourth-order valence-corrected chi connectivity index (χ4v) is 1.13. The van der Waals surface area contributed by atoms with Gasteiger partial charge in [-0.1, -0.05) is 11.8 Å². The van der Waals surface area contributed by atoms with Gasteiger partial charge in [0.05, 0.1) is 11.6 Å². The minimum Gasteiger partial charge on any atom is -0.192 e. The summed E-state index contributed by atoms with van der Waals surface area (Å²) in [6.07, 6.45) is 0. The third-order valence-corrected chi connectivity index (χ3v) is 1.60. The van der Waals surface area contributed by atoms with Crippen molar-refractivity contribution in [2.45, 2.75) is 13.8 Å². The van der Waals surface area contributed by atoms with Crippen molar-refractivity contribution in [3.05, 3.63) is 34.9 Å². The maximum Gasteiger partial charge on any atom is 0.0992 e. The molecule has 0 fully saturated rings. The van der Waals surface area contributed by atoms with Crippen molar-refractivity contribution in [1.82, 2.24) is 0 Å². The van der Waals surface area contributed by atoms with Crippen LogP contribution in [0.2, 0.25) is 0 Å². The van der Waals surface area contributed by atoms with Crippen LogP contribution >= 0.6 is 0 Å². The Kier molecular flexibility index (Phi) is 3.37. The standard InChI is InChI=1S/C13H9N/c1-3-5-11-7-12(6-4-2)9-13(8-11)10-14/h7-9H,1-2H3. The van der Waals surface area contributed by atoms with E-state index in [2.05, 4.69) is 29.8 Å². The highest BCUT2D eigenvalue weighted by Gasteiger charge is 1.96. The Bertz CT molecular complexity index is 458. The van der Waals surface area contributed by atoms with Crippen LogP contribution in [0.15, 0.2) is 18.2 Å². The molecule has 0 bridgehead atoms. The third kappa shape index (κ3) is 2.41. The first-order valence-electron chi connectivity index (χ1n) is 4.21. The van der Waals surface area contributed by atoms with Crippen LogP contribution < -0.4 is 0 Å². The lowest BCUT2D eigenvalue weighted by atomic mass is 10.1. The van der Waals surface area contributed by atoms with Crippen LogP contribution in [0.3, 0.4) is 0 Å². The van der Waals surface area contributed by atoms with Gasteiger partial charge in [0.2, 0.25) is 0 Å². The molecular weight excluding hydrogens is 170 g/mol. The van der Waals surface area contributed by atoms with Gasteiger partial charge in [0.15, 0.2) is 0 Å². The van der Waals surface area contributed by atoms with Crippen LogP contribution in [-0.2, 0) is 0 Å². The number of benzene rings is 1. The molecule has 0 radical (unpaired) electrons. The summed E-state index contributed by atoms with van der Waals surface area (Å²) in [5.74, 6) is 11.4. The quantitative estimate of drug-likeness (QED) is 0.560. The Morgan fingerprint density at radius 2 is 1.29 bits per heavy atom. The summed E-state index contributed by atoms with van der Waals surface area (Å²) in [5, 5.41) is 8.78. The first kappa shape index (κ1) is 9.91. The zero-order chi connectivity index (χ0) is 10.4. The molecule has 1 aromatic carbocycles. The molecular formula is C13H9N. The van der Waals surface area contributed by atoms with Gasteiger partial charge in [-0.2, -0.15) is 5.26 Å². The molecule has 0 saturated carbocycles. The maximum absolute atomic E-state index is 8.78. The van der Waals surface area contributed by atoms with Crippen molar-refractivity contribution in [3.8, 4) is 29.8 Å². The largest absolute Gasteiger partial charge is 0.192 e. The number of rotatable bonds is 0. The van der Waals surface area contributed by atoms with E-state index >= 15 is 0 Å². The molecule has 1 rings (SSSR count). The van der Waals surface area contributed by atoms with Gasteiger partial charge < -0.3 is 0 Å². The predicted molar refractivity (Wildman–Crippen MR) is 56.3 cm³/mol. The van der Waals surface area contributed by atoms with Gasteiger partial charge in [-0.3, -0.25) is 0 Å². The second-order valence-electron chi connectivity index (χ2n) is 2.66. The van der Waals surface area contributed by atoms with E-state index in [0.717, 1.165) is 11.1 Å². The first-order valence-corrected chi connectivity index (χ1v) is 4.21. The van der Waals surface area contributed by atoms with Crippen LogP contribution in [-0.4, -0.2) is 0 Å². The maximum atomic E-state index is 8.78. The van der Waals surface area contributed by atoms with E-state index in [4.69, 9.17) is 5.26 Å². The molecule has 0 spiro atoms. The van der Waals surface area contributed by atoms with Crippen molar-refractivity contribution < 1.29 is 0 Å². The van der Waals surface area contributed by atoms with E-state index in [9.17, 15) is 0 Å². The SMILES string of the molecule is CC#Cc1cc(C#N)cc(C#CC)c1. The number of nitriles is 1. The van der Waals surface area contributed by atoms with Crippen LogP contribution in [0.4, 0.5) is 0 Å². The molecule has 0 heterocycles. The summed E-state index contributed by atoms with van der Waals surface area (Å²) >= 11 is 0. The normalized spacial score (nSPS) is 7.50. The summed E-state index contributed by atoms with van der Waals surface area (Å²) in [6.45, 7) is 3.54. The van der Waals surface area contributed by atoms with Gasteiger partial charge in [-0.05, 0) is 32.0 Å². The molecule has 1 nitrogen and oxygen atoms in total. The van der Waals surface area contributed by atoms with E-state index < -0.39 is 0 Å². The third-order valence-electron chi connectivity index (χ3n) is 1.60. The molecule has 66 valence electrons. The van der Waals surface area contributed by atoms with Crippen LogP contribution in [0.5, 0.6) is 0 Å². The lowest BCUT2D eigenvalue weighted by molar-refractivity contribution is 1.46. The van der Waals surface area contributed by atoms with Crippen molar-refractivity contribution in [1.29, 1.82) is 5.26 Å². The highest BCUT2D eigenvalue weighted by Crippen LogP contribution is 2.07. The van der Waals surface area contributed by atoms with Crippen molar-refractivity contribution >= 4 is 0 Å². The molecule has 0 atom stereocenters. The molecule has 14 heavy (non-hydrogen) atoms. The molecule has 1 heteroatoms. The Hall–Kier alpha value is -2.17. The molecule has 0 aliphatic rings. The zero-order valence-electron chi connectivity index (χ0n) is 8.18. The molecule has 0 amide bonds. The van der Waals surface area contributed by atoms with Gasteiger partial charge in [0.25, 0.3) is 0 Å². The Morgan fingerprint density at radius 1 is 0.857 bits per heavy atom. The molecule has 0 N–H and O–H groups in total. The number of hydrogen-bond acceptors (Lipinski definition) is 1. The fourth-order valence-electron chi connectivity index (χ4n) is 1.13. The monoisotopic (exact) mass is 179 g/mol. The van der Waals surface area contributed by atoms with E-state index in [1.54, 1.807) is 26.0 Å². The minimum absolute atomic E-state index is 0.600. The van der Waals surface area contributed by atoms with E-state index in [-0.39, 0.29) is 0 Å². The van der Waals surface area contributed by atoms with Gasteiger partial charge >= 0.3 is 0 Å². The van der Waals surface area contributed by atoms with Crippen molar-refractivity contribution in [2.24, 2.45) is 0 Å². The summed E-state index contributed by atoms with van der Waals surface area (Å²) in [5.41, 5.74) is 2.27. The second-order valence-corrected chi connectivity index (χ2v) is 2.66. The number of hydrogen-bond donors (Lipinski definition) is 0. The van der Waals surface area contributed by atoms with Gasteiger partial charge in [0.1, 0.15) is 0 Å². The summed E-state index contributed by atoms with van der Waals surface area (Å²) < 4.78 is 0. The van der Waals surface area contributed by atoms with E-state index in [0.29, 0.717) is 5.56 Å². The Labute approximate surface area is 84.4 Å². The topological polar surface area (TPSA) is 23.8 Å². The summed E-state index contributed by atoms with van der Waals surface area (Å²) in [4.78, 5) is 0. The lowest BCUT2D eigenvalue weighted by Gasteiger charge is -1.94. The predicted octanol–water partition coefficient (Wildman–Crippen LogP) is 2.30. The van der Waals surface area contributed by atoms with Gasteiger partial charge in [-0.25, -0.2) is 0 Å². The number of nitrogens with zero attached hydrogens (tertiary/aromatic N) is 1. The molecule has 1 aromatic rings. The second kappa shape index (κ2) is 4.76. The van der Waals surface area contributed by atoms with Crippen molar-refractivity contribution in [2.75, 3.05) is 0 Å². The average Bonchev–Trinajstić information content (AvgIpc) is 2.18. The Morgan fingerprint density at radius 3 is 1.64 bits per heavy atom. The first-order chi connectivity index (χ1) is 6.80. The molecule has 0 aromatic heterocycles. The Balaban J connectivity index is 3.31. The van der Waals surface area contributed by atoms with Crippen molar-refractivity contribution in [3.63, 3.8) is 0 Å². The minimum atomic E-state index is 0.600. The fraction of sp³-hybridized carbons (Fsp3) is 0.154. The molecule has 0 aliphatic carbocycles. The van der Waals surface area contributed by atoms with E-state index in [1.807, 2.05) is 6.07 Å². The lowest BCUT2D eigenvalue weighted by Crippen LogP contribution is -1.83. The summed E-state index contributed by atoms with van der Waals surface area (Å²) in [7, 11) is 0. The highest BCUT2D eigenvalue weighted by atomic mass is 14.2. The molecule has 0 saturated heterocycles. The van der Waals surface area contributed by atoms with Gasteiger partial charge in [-0.15, -0.1) is 11.8 Å².